The first-order chi connectivity index (χ1) is 9.96. The molecular weight excluding hydrogens is 334 g/mol. The zero-order chi connectivity index (χ0) is 15.0. The number of hydrogen-bond acceptors (Lipinski definition) is 3. The van der Waals surface area contributed by atoms with Crippen LogP contribution < -0.4 is 4.74 Å². The second-order valence-electron chi connectivity index (χ2n) is 6.10. The van der Waals surface area contributed by atoms with Gasteiger partial charge in [0.1, 0.15) is 12.4 Å². The van der Waals surface area contributed by atoms with E-state index in [1.165, 1.54) is 5.57 Å². The second kappa shape index (κ2) is 5.46. The Balaban J connectivity index is 1.71. The van der Waals surface area contributed by atoms with Gasteiger partial charge in [-0.15, -0.1) is 0 Å². The summed E-state index contributed by atoms with van der Waals surface area (Å²) in [5, 5.41) is 9.29. The highest BCUT2D eigenvalue weighted by atomic mass is 79.9. The summed E-state index contributed by atoms with van der Waals surface area (Å²) < 4.78 is 6.80. The number of fused-ring (bicyclic) bond motifs is 1. The van der Waals surface area contributed by atoms with Crippen molar-refractivity contribution in [2.75, 3.05) is 26.2 Å². The number of likely N-dealkylation sites (tertiary alicyclic amines) is 1. The fourth-order valence-corrected chi connectivity index (χ4v) is 3.32. The van der Waals surface area contributed by atoms with Crippen LogP contribution in [0.25, 0.3) is 6.08 Å². The van der Waals surface area contributed by atoms with Gasteiger partial charge in [-0.3, -0.25) is 9.69 Å². The average Bonchev–Trinajstić information content (AvgIpc) is 2.81. The molecule has 112 valence electrons. The fraction of sp³-hybridized carbons (Fsp3) is 0.438. The Morgan fingerprint density at radius 2 is 2.33 bits per heavy atom. The molecule has 1 fully saturated rings. The van der Waals surface area contributed by atoms with Crippen LogP contribution in [0.4, 0.5) is 0 Å². The molecule has 1 unspecified atom stereocenters. The Morgan fingerprint density at radius 1 is 1.52 bits per heavy atom. The van der Waals surface area contributed by atoms with E-state index in [-0.39, 0.29) is 0 Å². The predicted octanol–water partition coefficient (Wildman–Crippen LogP) is 3.02. The van der Waals surface area contributed by atoms with E-state index in [0.717, 1.165) is 28.9 Å². The van der Waals surface area contributed by atoms with Gasteiger partial charge in [0.2, 0.25) is 0 Å². The smallest absolute Gasteiger partial charge is 0.310 e. The van der Waals surface area contributed by atoms with Gasteiger partial charge >= 0.3 is 5.97 Å². The van der Waals surface area contributed by atoms with Gasteiger partial charge in [0.25, 0.3) is 0 Å². The zero-order valence-corrected chi connectivity index (χ0v) is 13.5. The fourth-order valence-electron chi connectivity index (χ4n) is 2.94. The van der Waals surface area contributed by atoms with E-state index in [9.17, 15) is 9.90 Å². The summed E-state index contributed by atoms with van der Waals surface area (Å²) in [5.41, 5.74) is 1.65. The Bertz CT molecular complexity index is 614. The lowest BCUT2D eigenvalue weighted by molar-refractivity contribution is -0.147. The van der Waals surface area contributed by atoms with Crippen LogP contribution in [0.3, 0.4) is 0 Å². The number of nitrogens with zero attached hydrogens (tertiary/aromatic N) is 1. The number of halogens is 1. The summed E-state index contributed by atoms with van der Waals surface area (Å²) >= 11 is 3.47. The molecule has 0 amide bonds. The van der Waals surface area contributed by atoms with Gasteiger partial charge in [-0.2, -0.15) is 0 Å². The standard InChI is InChI=1S/C16H18BrNO3/c1-16(15(19)20)4-5-18(10-16)8-11-6-12-7-13(17)2-3-14(12)21-9-11/h2-3,6-7H,4-5,8-10H2,1H3,(H,19,20). The van der Waals surface area contributed by atoms with Crippen molar-refractivity contribution < 1.29 is 14.6 Å². The number of carboxylic acid groups (broad SMARTS) is 1. The molecule has 4 nitrogen and oxygen atoms in total. The summed E-state index contributed by atoms with van der Waals surface area (Å²) in [7, 11) is 0. The molecule has 1 N–H and O–H groups in total. The third-order valence-corrected chi connectivity index (χ3v) is 4.73. The van der Waals surface area contributed by atoms with Crippen LogP contribution in [0.5, 0.6) is 5.75 Å². The SMILES string of the molecule is CC1(C(=O)O)CCN(CC2=Cc3cc(Br)ccc3OC2)C1. The van der Waals surface area contributed by atoms with Gasteiger partial charge in [0.05, 0.1) is 5.41 Å². The maximum atomic E-state index is 11.3. The maximum absolute atomic E-state index is 11.3. The van der Waals surface area contributed by atoms with Crippen molar-refractivity contribution in [1.82, 2.24) is 4.90 Å². The molecule has 3 rings (SSSR count). The van der Waals surface area contributed by atoms with Crippen LogP contribution in [-0.4, -0.2) is 42.2 Å². The molecule has 2 aliphatic heterocycles. The quantitative estimate of drug-likeness (QED) is 0.909. The maximum Gasteiger partial charge on any atom is 0.310 e. The van der Waals surface area contributed by atoms with Gasteiger partial charge in [-0.25, -0.2) is 0 Å². The van der Waals surface area contributed by atoms with E-state index >= 15 is 0 Å². The topological polar surface area (TPSA) is 49.8 Å². The van der Waals surface area contributed by atoms with Gasteiger partial charge in [0.15, 0.2) is 0 Å². The van der Waals surface area contributed by atoms with E-state index in [1.54, 1.807) is 0 Å². The number of benzene rings is 1. The Hall–Kier alpha value is -1.33. The van der Waals surface area contributed by atoms with Crippen LogP contribution in [0.15, 0.2) is 28.2 Å². The summed E-state index contributed by atoms with van der Waals surface area (Å²) in [5.74, 6) is 0.201. The number of ether oxygens (including phenoxy) is 1. The molecule has 1 atom stereocenters. The molecule has 1 aromatic carbocycles. The van der Waals surface area contributed by atoms with Crippen molar-refractivity contribution in [1.29, 1.82) is 0 Å². The van der Waals surface area contributed by atoms with Crippen molar-refractivity contribution in [3.8, 4) is 5.75 Å². The Morgan fingerprint density at radius 3 is 3.05 bits per heavy atom. The van der Waals surface area contributed by atoms with Crippen LogP contribution in [0.2, 0.25) is 0 Å². The molecule has 2 heterocycles. The first-order valence-corrected chi connectivity index (χ1v) is 7.83. The number of carboxylic acids is 1. The minimum atomic E-state index is -0.701. The Kier molecular flexibility index (Phi) is 3.80. The molecule has 0 aromatic heterocycles. The van der Waals surface area contributed by atoms with E-state index in [0.29, 0.717) is 19.6 Å². The lowest BCUT2D eigenvalue weighted by atomic mass is 9.90. The molecule has 5 heteroatoms. The molecule has 1 aromatic rings. The largest absolute Gasteiger partial charge is 0.489 e. The molecule has 1 saturated heterocycles. The normalized spacial score (nSPS) is 25.1. The number of carbonyl (C=O) groups is 1. The van der Waals surface area contributed by atoms with Crippen molar-refractivity contribution in [2.45, 2.75) is 13.3 Å². The highest BCUT2D eigenvalue weighted by Crippen LogP contribution is 2.33. The minimum absolute atomic E-state index is 0.578. The average molecular weight is 352 g/mol. The zero-order valence-electron chi connectivity index (χ0n) is 11.9. The molecule has 0 saturated carbocycles. The van der Waals surface area contributed by atoms with Crippen LogP contribution >= 0.6 is 15.9 Å². The number of aliphatic carboxylic acids is 1. The lowest BCUT2D eigenvalue weighted by Gasteiger charge is -2.24. The van der Waals surface area contributed by atoms with Crippen molar-refractivity contribution in [2.24, 2.45) is 5.41 Å². The summed E-state index contributed by atoms with van der Waals surface area (Å²) in [6, 6.07) is 5.97. The van der Waals surface area contributed by atoms with Gasteiger partial charge in [0, 0.05) is 23.1 Å². The molecule has 0 spiro atoms. The van der Waals surface area contributed by atoms with Crippen molar-refractivity contribution in [3.05, 3.63) is 33.8 Å². The van der Waals surface area contributed by atoms with E-state index < -0.39 is 11.4 Å². The third-order valence-electron chi connectivity index (χ3n) is 4.24. The molecule has 2 aliphatic rings. The summed E-state index contributed by atoms with van der Waals surface area (Å²) in [6.07, 6.45) is 2.86. The summed E-state index contributed by atoms with van der Waals surface area (Å²) in [4.78, 5) is 13.5. The second-order valence-corrected chi connectivity index (χ2v) is 7.02. The molecule has 0 aliphatic carbocycles. The van der Waals surface area contributed by atoms with E-state index in [2.05, 4.69) is 26.9 Å². The Labute approximate surface area is 132 Å². The monoisotopic (exact) mass is 351 g/mol. The van der Waals surface area contributed by atoms with Crippen molar-refractivity contribution >= 4 is 28.0 Å². The van der Waals surface area contributed by atoms with E-state index in [1.807, 2.05) is 25.1 Å². The van der Waals surface area contributed by atoms with Crippen LogP contribution in [0.1, 0.15) is 18.9 Å². The lowest BCUT2D eigenvalue weighted by Crippen LogP contribution is -2.33. The van der Waals surface area contributed by atoms with Crippen molar-refractivity contribution in [3.63, 3.8) is 0 Å². The molecular formula is C16H18BrNO3. The van der Waals surface area contributed by atoms with E-state index in [4.69, 9.17) is 4.74 Å². The number of hydrogen-bond donors (Lipinski definition) is 1. The van der Waals surface area contributed by atoms with Gasteiger partial charge < -0.3 is 9.84 Å². The molecule has 0 bridgehead atoms. The minimum Gasteiger partial charge on any atom is -0.489 e. The first-order valence-electron chi connectivity index (χ1n) is 7.04. The van der Waals surface area contributed by atoms with Crippen LogP contribution in [0, 0.1) is 5.41 Å². The molecule has 21 heavy (non-hydrogen) atoms. The van der Waals surface area contributed by atoms with Gasteiger partial charge in [-0.1, -0.05) is 15.9 Å². The van der Waals surface area contributed by atoms with Gasteiger partial charge in [-0.05, 0) is 49.7 Å². The third kappa shape index (κ3) is 2.99. The molecule has 0 radical (unpaired) electrons. The highest BCUT2D eigenvalue weighted by Gasteiger charge is 2.40. The first kappa shape index (κ1) is 14.6. The number of rotatable bonds is 3. The van der Waals surface area contributed by atoms with Crippen LogP contribution in [-0.2, 0) is 4.79 Å². The predicted molar refractivity (Wildman–Crippen MR) is 84.4 cm³/mol. The summed E-state index contributed by atoms with van der Waals surface area (Å²) in [6.45, 7) is 4.60. The highest BCUT2D eigenvalue weighted by molar-refractivity contribution is 9.10.